The Kier molecular flexibility index (Phi) is 7.63. The van der Waals surface area contributed by atoms with Crippen molar-refractivity contribution in [1.29, 1.82) is 0 Å². The van der Waals surface area contributed by atoms with Crippen LogP contribution < -0.4 is 15.0 Å². The Morgan fingerprint density at radius 3 is 2.53 bits per heavy atom. The largest absolute Gasteiger partial charge is 0.495 e. The molecule has 0 bridgehead atoms. The number of methoxy groups -OCH3 is 1. The van der Waals surface area contributed by atoms with Crippen molar-refractivity contribution in [2.24, 2.45) is 0 Å². The van der Waals surface area contributed by atoms with Gasteiger partial charge in [-0.15, -0.1) is 0 Å². The van der Waals surface area contributed by atoms with Crippen molar-refractivity contribution in [2.75, 3.05) is 50.1 Å². The number of hydrogen-bond donors (Lipinski definition) is 2. The number of amides is 1. The van der Waals surface area contributed by atoms with Crippen LogP contribution in [0.5, 0.6) is 5.75 Å². The van der Waals surface area contributed by atoms with Gasteiger partial charge in [0, 0.05) is 38.4 Å². The van der Waals surface area contributed by atoms with Gasteiger partial charge in [0.05, 0.1) is 25.0 Å². The predicted molar refractivity (Wildman–Crippen MR) is 125 cm³/mol. The van der Waals surface area contributed by atoms with E-state index in [4.69, 9.17) is 9.47 Å². The molecule has 0 radical (unpaired) electrons. The van der Waals surface area contributed by atoms with Gasteiger partial charge >= 0.3 is 0 Å². The van der Waals surface area contributed by atoms with Gasteiger partial charge in [-0.05, 0) is 43.5 Å². The maximum absolute atomic E-state index is 12.6. The molecular formula is C25H33N3O4. The van der Waals surface area contributed by atoms with Gasteiger partial charge in [0.1, 0.15) is 5.75 Å². The summed E-state index contributed by atoms with van der Waals surface area (Å²) < 4.78 is 11.5. The molecule has 7 nitrogen and oxygen atoms in total. The normalized spacial score (nSPS) is 24.2. The van der Waals surface area contributed by atoms with Crippen molar-refractivity contribution < 1.29 is 19.4 Å². The number of carbonyl (C=O) groups excluding carboxylic acids is 1. The lowest BCUT2D eigenvalue weighted by molar-refractivity contribution is -0.153. The van der Waals surface area contributed by atoms with Gasteiger partial charge in [0.2, 0.25) is 0 Å². The van der Waals surface area contributed by atoms with Gasteiger partial charge < -0.3 is 24.8 Å². The van der Waals surface area contributed by atoms with E-state index >= 15 is 0 Å². The first-order chi connectivity index (χ1) is 15.6. The van der Waals surface area contributed by atoms with Crippen LogP contribution in [0.3, 0.4) is 0 Å². The van der Waals surface area contributed by atoms with Crippen molar-refractivity contribution in [1.82, 2.24) is 4.90 Å². The molecule has 7 heteroatoms. The van der Waals surface area contributed by atoms with E-state index in [-0.39, 0.29) is 12.0 Å². The van der Waals surface area contributed by atoms with Gasteiger partial charge in [-0.1, -0.05) is 30.3 Å². The molecule has 0 spiro atoms. The first-order valence-corrected chi connectivity index (χ1v) is 11.4. The van der Waals surface area contributed by atoms with E-state index in [0.29, 0.717) is 12.1 Å². The molecule has 2 saturated heterocycles. The molecule has 2 aliphatic heterocycles. The number of rotatable bonds is 7. The maximum Gasteiger partial charge on any atom is 0.256 e. The van der Waals surface area contributed by atoms with Crippen LogP contribution in [0.4, 0.5) is 11.4 Å². The van der Waals surface area contributed by atoms with E-state index in [9.17, 15) is 9.90 Å². The average Bonchev–Trinajstić information content (AvgIpc) is 2.84. The summed E-state index contributed by atoms with van der Waals surface area (Å²) in [5.41, 5.74) is 1.86. The van der Waals surface area contributed by atoms with Gasteiger partial charge in [-0.2, -0.15) is 0 Å². The number of nitrogens with zero attached hydrogens (tertiary/aromatic N) is 2. The number of ether oxygens (including phenoxy) is 2. The second kappa shape index (κ2) is 10.8. The zero-order valence-electron chi connectivity index (χ0n) is 18.7. The number of anilines is 2. The number of hydrogen-bond acceptors (Lipinski definition) is 6. The summed E-state index contributed by atoms with van der Waals surface area (Å²) in [5, 5.41) is 13.2. The van der Waals surface area contributed by atoms with Crippen molar-refractivity contribution in [3.8, 4) is 5.75 Å². The first kappa shape index (κ1) is 22.6. The van der Waals surface area contributed by atoms with E-state index in [1.54, 1.807) is 7.11 Å². The van der Waals surface area contributed by atoms with Crippen molar-refractivity contribution in [2.45, 2.75) is 37.6 Å². The molecule has 2 fully saturated rings. The molecule has 0 unspecified atom stereocenters. The fraction of sp³-hybridized carbons (Fsp3) is 0.480. The molecule has 2 heterocycles. The van der Waals surface area contributed by atoms with Crippen LogP contribution in [0.15, 0.2) is 54.6 Å². The van der Waals surface area contributed by atoms with E-state index in [1.807, 2.05) is 48.5 Å². The number of aliphatic hydroxyl groups excluding tert-OH is 1. The predicted octanol–water partition coefficient (Wildman–Crippen LogP) is 2.75. The number of nitrogens with one attached hydrogen (secondary N) is 1. The summed E-state index contributed by atoms with van der Waals surface area (Å²) in [4.78, 5) is 17.4. The molecule has 32 heavy (non-hydrogen) atoms. The van der Waals surface area contributed by atoms with Gasteiger partial charge in [0.25, 0.3) is 5.91 Å². The van der Waals surface area contributed by atoms with Crippen LogP contribution in [0, 0.1) is 0 Å². The standard InChI is InChI=1S/C25H33N3O4/c1-31-23-10-6-5-9-21(23)28-17-15-27(16-18-28)14-13-20-11-12-22(29)24(32-20)25(30)26-19-7-3-2-4-8-19/h2-10,20,22,24,29H,11-18H2,1H3,(H,26,30)/t20-,22+,24+/m1/s1. The summed E-state index contributed by atoms with van der Waals surface area (Å²) in [6, 6.07) is 17.4. The topological polar surface area (TPSA) is 74.3 Å². The molecular weight excluding hydrogens is 406 g/mol. The van der Waals surface area contributed by atoms with E-state index < -0.39 is 12.2 Å². The number of para-hydroxylation sites is 3. The summed E-state index contributed by atoms with van der Waals surface area (Å²) in [6.07, 6.45) is 0.612. The molecule has 4 rings (SSSR count). The first-order valence-electron chi connectivity index (χ1n) is 11.4. The maximum atomic E-state index is 12.6. The molecule has 1 amide bonds. The summed E-state index contributed by atoms with van der Waals surface area (Å²) in [6.45, 7) is 4.78. The Hall–Kier alpha value is -2.61. The second-order valence-electron chi connectivity index (χ2n) is 8.47. The number of aliphatic hydroxyl groups is 1. The highest BCUT2D eigenvalue weighted by molar-refractivity contribution is 5.94. The molecule has 0 saturated carbocycles. The second-order valence-corrected chi connectivity index (χ2v) is 8.47. The van der Waals surface area contributed by atoms with Crippen LogP contribution >= 0.6 is 0 Å². The smallest absolute Gasteiger partial charge is 0.256 e. The summed E-state index contributed by atoms with van der Waals surface area (Å²) in [7, 11) is 1.71. The molecule has 3 atom stereocenters. The lowest BCUT2D eigenvalue weighted by atomic mass is 9.98. The quantitative estimate of drug-likeness (QED) is 0.691. The minimum atomic E-state index is -0.823. The van der Waals surface area contributed by atoms with E-state index in [0.717, 1.165) is 57.0 Å². The molecule has 172 valence electrons. The zero-order chi connectivity index (χ0) is 22.3. The number of benzene rings is 2. The Balaban J connectivity index is 1.24. The Morgan fingerprint density at radius 2 is 1.78 bits per heavy atom. The third-order valence-electron chi connectivity index (χ3n) is 6.34. The fourth-order valence-corrected chi connectivity index (χ4v) is 4.49. The van der Waals surface area contributed by atoms with E-state index in [1.165, 1.54) is 0 Å². The van der Waals surface area contributed by atoms with E-state index in [2.05, 4.69) is 21.2 Å². The molecule has 2 aromatic rings. The third-order valence-corrected chi connectivity index (χ3v) is 6.34. The van der Waals surface area contributed by atoms with Crippen LogP contribution in [0.25, 0.3) is 0 Å². The molecule has 2 aliphatic rings. The minimum absolute atomic E-state index is 0.0165. The zero-order valence-corrected chi connectivity index (χ0v) is 18.7. The highest BCUT2D eigenvalue weighted by Crippen LogP contribution is 2.29. The molecule has 0 aromatic heterocycles. The number of carbonyl (C=O) groups is 1. The Morgan fingerprint density at radius 1 is 1.06 bits per heavy atom. The highest BCUT2D eigenvalue weighted by Gasteiger charge is 2.35. The molecule has 2 N–H and O–H groups in total. The molecule has 2 aromatic carbocycles. The highest BCUT2D eigenvalue weighted by atomic mass is 16.5. The van der Waals surface area contributed by atoms with Crippen LogP contribution in [0.1, 0.15) is 19.3 Å². The third kappa shape index (κ3) is 5.59. The van der Waals surface area contributed by atoms with Crippen molar-refractivity contribution in [3.05, 3.63) is 54.6 Å². The molecule has 0 aliphatic carbocycles. The average molecular weight is 440 g/mol. The lowest BCUT2D eigenvalue weighted by Crippen LogP contribution is -2.49. The lowest BCUT2D eigenvalue weighted by Gasteiger charge is -2.38. The minimum Gasteiger partial charge on any atom is -0.495 e. The van der Waals surface area contributed by atoms with Crippen molar-refractivity contribution >= 4 is 17.3 Å². The van der Waals surface area contributed by atoms with Crippen LogP contribution in [-0.4, -0.2) is 74.1 Å². The van der Waals surface area contributed by atoms with Crippen molar-refractivity contribution in [3.63, 3.8) is 0 Å². The number of piperazine rings is 1. The summed E-state index contributed by atoms with van der Waals surface area (Å²) >= 11 is 0. The van der Waals surface area contributed by atoms with Gasteiger partial charge in [-0.25, -0.2) is 0 Å². The Labute approximate surface area is 189 Å². The van der Waals surface area contributed by atoms with Gasteiger partial charge in [0.15, 0.2) is 6.10 Å². The van der Waals surface area contributed by atoms with Gasteiger partial charge in [-0.3, -0.25) is 9.69 Å². The van der Waals surface area contributed by atoms with Crippen LogP contribution in [-0.2, 0) is 9.53 Å². The Bertz CT molecular complexity index is 871. The van der Waals surface area contributed by atoms with Crippen LogP contribution in [0.2, 0.25) is 0 Å². The summed E-state index contributed by atoms with van der Waals surface area (Å²) in [5.74, 6) is 0.633. The SMILES string of the molecule is COc1ccccc1N1CCN(CC[C@H]2CC[C@H](O)[C@@H](C(=O)Nc3ccccc3)O2)CC1. The monoisotopic (exact) mass is 439 g/mol. The fourth-order valence-electron chi connectivity index (χ4n) is 4.49.